The second-order valence-electron chi connectivity index (χ2n) is 5.63. The van der Waals surface area contributed by atoms with Crippen LogP contribution in [0.4, 0.5) is 0 Å². The molecule has 1 fully saturated rings. The third-order valence-corrected chi connectivity index (χ3v) is 3.73. The average molecular weight is 295 g/mol. The van der Waals surface area contributed by atoms with Gasteiger partial charge in [0.2, 0.25) is 0 Å². The average Bonchev–Trinajstić information content (AvgIpc) is 3.01. The zero-order chi connectivity index (χ0) is 15.7. The lowest BCUT2D eigenvalue weighted by Crippen LogP contribution is -2.41. The van der Waals surface area contributed by atoms with Gasteiger partial charge < -0.3 is 15.1 Å². The van der Waals surface area contributed by atoms with Crippen LogP contribution in [0.5, 0.6) is 0 Å². The van der Waals surface area contributed by atoms with Crippen molar-refractivity contribution in [3.05, 3.63) is 17.5 Å². The first-order valence-corrected chi connectivity index (χ1v) is 7.14. The van der Waals surface area contributed by atoms with Gasteiger partial charge in [0.25, 0.3) is 5.91 Å². The number of rotatable bonds is 4. The molecule has 2 heterocycles. The maximum absolute atomic E-state index is 12.6. The number of hydrogen-bond acceptors (Lipinski definition) is 4. The lowest BCUT2D eigenvalue weighted by atomic mass is 10.1. The Labute approximate surface area is 123 Å². The van der Waals surface area contributed by atoms with Gasteiger partial charge in [0.15, 0.2) is 0 Å². The summed E-state index contributed by atoms with van der Waals surface area (Å²) in [5.74, 6) is -1.30. The van der Waals surface area contributed by atoms with Crippen LogP contribution in [0.25, 0.3) is 0 Å². The smallest absolute Gasteiger partial charge is 0.326 e. The maximum Gasteiger partial charge on any atom is 0.326 e. The van der Waals surface area contributed by atoms with E-state index in [0.717, 1.165) is 5.69 Å². The maximum atomic E-state index is 12.6. The molecule has 21 heavy (non-hydrogen) atoms. The molecule has 2 N–H and O–H groups in total. The molecule has 7 heteroatoms. The predicted octanol–water partition coefficient (Wildman–Crippen LogP) is 0.686. The highest BCUT2D eigenvalue weighted by molar-refractivity contribution is 5.95. The summed E-state index contributed by atoms with van der Waals surface area (Å²) in [5.41, 5.74) is 1.17. The highest BCUT2D eigenvalue weighted by Gasteiger charge is 2.40. The molecule has 1 amide bonds. The van der Waals surface area contributed by atoms with E-state index in [-0.39, 0.29) is 24.8 Å². The molecule has 0 saturated carbocycles. The molecule has 1 aromatic rings. The molecule has 0 aliphatic carbocycles. The number of carboxylic acids is 1. The summed E-state index contributed by atoms with van der Waals surface area (Å²) in [6, 6.07) is 0.732. The van der Waals surface area contributed by atoms with Gasteiger partial charge in [0.05, 0.1) is 11.8 Å². The fourth-order valence-corrected chi connectivity index (χ4v) is 2.55. The molecule has 1 aliphatic rings. The molecule has 0 unspecified atom stereocenters. The van der Waals surface area contributed by atoms with E-state index in [9.17, 15) is 19.8 Å². The standard InChI is InChI=1S/C14H21N3O4/c1-4-17-11(6-10(15-17)8(2)3)13(19)16-7-9(18)5-12(16)14(20)21/h6,8-9,12,18H,4-5,7H2,1-3H3,(H,20,21)/t9-,12-/m1/s1. The second kappa shape index (κ2) is 5.85. The lowest BCUT2D eigenvalue weighted by molar-refractivity contribution is -0.141. The van der Waals surface area contributed by atoms with Crippen molar-refractivity contribution >= 4 is 11.9 Å². The number of aromatic nitrogens is 2. The minimum Gasteiger partial charge on any atom is -0.480 e. The highest BCUT2D eigenvalue weighted by Crippen LogP contribution is 2.23. The van der Waals surface area contributed by atoms with Gasteiger partial charge in [0.1, 0.15) is 11.7 Å². The van der Waals surface area contributed by atoms with Crippen LogP contribution in [0.1, 0.15) is 49.3 Å². The van der Waals surface area contributed by atoms with Crippen LogP contribution in [0.2, 0.25) is 0 Å². The third kappa shape index (κ3) is 2.92. The number of aryl methyl sites for hydroxylation is 1. The first kappa shape index (κ1) is 15.5. The Kier molecular flexibility index (Phi) is 4.32. The summed E-state index contributed by atoms with van der Waals surface area (Å²) < 4.78 is 1.58. The molecule has 2 atom stereocenters. The molecule has 7 nitrogen and oxygen atoms in total. The van der Waals surface area contributed by atoms with E-state index >= 15 is 0 Å². The first-order valence-electron chi connectivity index (χ1n) is 7.14. The van der Waals surface area contributed by atoms with E-state index in [1.54, 1.807) is 10.7 Å². The summed E-state index contributed by atoms with van der Waals surface area (Å²) in [7, 11) is 0. The zero-order valence-electron chi connectivity index (χ0n) is 12.5. The molecule has 1 aliphatic heterocycles. The van der Waals surface area contributed by atoms with Gasteiger partial charge in [0, 0.05) is 19.5 Å². The molecular weight excluding hydrogens is 274 g/mol. The molecule has 1 aromatic heterocycles. The molecule has 0 spiro atoms. The number of likely N-dealkylation sites (tertiary alicyclic amines) is 1. The highest BCUT2D eigenvalue weighted by atomic mass is 16.4. The molecule has 0 radical (unpaired) electrons. The Morgan fingerprint density at radius 3 is 2.67 bits per heavy atom. The number of carbonyl (C=O) groups excluding carboxylic acids is 1. The summed E-state index contributed by atoms with van der Waals surface area (Å²) in [4.78, 5) is 25.1. The topological polar surface area (TPSA) is 95.7 Å². The normalized spacial score (nSPS) is 22.0. The van der Waals surface area contributed by atoms with Crippen LogP contribution in [-0.2, 0) is 11.3 Å². The zero-order valence-corrected chi connectivity index (χ0v) is 12.5. The van der Waals surface area contributed by atoms with Gasteiger partial charge in [-0.2, -0.15) is 5.10 Å². The van der Waals surface area contributed by atoms with Gasteiger partial charge in [-0.3, -0.25) is 9.48 Å². The van der Waals surface area contributed by atoms with E-state index in [1.807, 2.05) is 20.8 Å². The SMILES string of the molecule is CCn1nc(C(C)C)cc1C(=O)N1C[C@H](O)C[C@@H]1C(=O)O. The molecular formula is C14H21N3O4. The van der Waals surface area contributed by atoms with Crippen molar-refractivity contribution in [1.82, 2.24) is 14.7 Å². The van der Waals surface area contributed by atoms with Crippen LogP contribution >= 0.6 is 0 Å². The Balaban J connectivity index is 2.33. The first-order chi connectivity index (χ1) is 9.85. The van der Waals surface area contributed by atoms with Gasteiger partial charge >= 0.3 is 5.97 Å². The fraction of sp³-hybridized carbons (Fsp3) is 0.643. The molecule has 116 valence electrons. The number of β-amino-alcohol motifs (C(OH)–C–C–N with tert-alkyl or cyclic N) is 1. The largest absolute Gasteiger partial charge is 0.480 e. The number of aliphatic carboxylic acids is 1. The fourth-order valence-electron chi connectivity index (χ4n) is 2.55. The van der Waals surface area contributed by atoms with Crippen LogP contribution in [0, 0.1) is 0 Å². The number of nitrogens with zero attached hydrogens (tertiary/aromatic N) is 3. The van der Waals surface area contributed by atoms with E-state index in [1.165, 1.54) is 4.90 Å². The lowest BCUT2D eigenvalue weighted by Gasteiger charge is -2.21. The second-order valence-corrected chi connectivity index (χ2v) is 5.63. The van der Waals surface area contributed by atoms with Crippen LogP contribution < -0.4 is 0 Å². The Morgan fingerprint density at radius 2 is 2.14 bits per heavy atom. The van der Waals surface area contributed by atoms with Crippen molar-refractivity contribution in [2.75, 3.05) is 6.54 Å². The molecule has 2 rings (SSSR count). The van der Waals surface area contributed by atoms with Crippen molar-refractivity contribution in [3.63, 3.8) is 0 Å². The Hall–Kier alpha value is -1.89. The summed E-state index contributed by atoms with van der Waals surface area (Å²) >= 11 is 0. The van der Waals surface area contributed by atoms with Gasteiger partial charge in [-0.05, 0) is 18.9 Å². The number of aliphatic hydroxyl groups excluding tert-OH is 1. The molecule has 0 aromatic carbocycles. The molecule has 1 saturated heterocycles. The third-order valence-electron chi connectivity index (χ3n) is 3.73. The van der Waals surface area contributed by atoms with Gasteiger partial charge in [-0.25, -0.2) is 4.79 Å². The number of carbonyl (C=O) groups is 2. The Bertz CT molecular complexity index is 552. The number of carboxylic acid groups (broad SMARTS) is 1. The summed E-state index contributed by atoms with van der Waals surface area (Å²) in [6.07, 6.45) is -0.726. The van der Waals surface area contributed by atoms with Crippen molar-refractivity contribution in [3.8, 4) is 0 Å². The van der Waals surface area contributed by atoms with E-state index < -0.39 is 18.1 Å². The quantitative estimate of drug-likeness (QED) is 0.852. The Morgan fingerprint density at radius 1 is 1.48 bits per heavy atom. The number of hydrogen-bond donors (Lipinski definition) is 2. The molecule has 0 bridgehead atoms. The summed E-state index contributed by atoms with van der Waals surface area (Å²) in [5, 5.41) is 23.2. The van der Waals surface area contributed by atoms with Crippen molar-refractivity contribution in [1.29, 1.82) is 0 Å². The van der Waals surface area contributed by atoms with Crippen LogP contribution in [-0.4, -0.2) is 55.5 Å². The van der Waals surface area contributed by atoms with E-state index in [0.29, 0.717) is 12.2 Å². The van der Waals surface area contributed by atoms with Crippen molar-refractivity contribution in [2.45, 2.75) is 51.8 Å². The number of aliphatic hydroxyl groups is 1. The number of amides is 1. The monoisotopic (exact) mass is 295 g/mol. The minimum atomic E-state index is -1.09. The van der Waals surface area contributed by atoms with E-state index in [4.69, 9.17) is 0 Å². The minimum absolute atomic E-state index is 0.0434. The van der Waals surface area contributed by atoms with E-state index in [2.05, 4.69) is 5.10 Å². The van der Waals surface area contributed by atoms with Crippen molar-refractivity contribution < 1.29 is 19.8 Å². The van der Waals surface area contributed by atoms with Gasteiger partial charge in [-0.1, -0.05) is 13.8 Å². The summed E-state index contributed by atoms with van der Waals surface area (Å²) in [6.45, 7) is 6.41. The van der Waals surface area contributed by atoms with Crippen molar-refractivity contribution in [2.24, 2.45) is 0 Å². The van der Waals surface area contributed by atoms with Crippen LogP contribution in [0.15, 0.2) is 6.07 Å². The van der Waals surface area contributed by atoms with Crippen LogP contribution in [0.3, 0.4) is 0 Å². The predicted molar refractivity (Wildman–Crippen MR) is 75.1 cm³/mol. The van der Waals surface area contributed by atoms with Gasteiger partial charge in [-0.15, -0.1) is 0 Å².